The lowest BCUT2D eigenvalue weighted by atomic mass is 10.2. The summed E-state index contributed by atoms with van der Waals surface area (Å²) in [4.78, 5) is 6.78. The number of aliphatic imine (C=N–C) groups is 1. The van der Waals surface area contributed by atoms with Crippen LogP contribution in [0.3, 0.4) is 0 Å². The van der Waals surface area contributed by atoms with E-state index >= 15 is 0 Å². The van der Waals surface area contributed by atoms with E-state index in [2.05, 4.69) is 15.2 Å². The van der Waals surface area contributed by atoms with Crippen molar-refractivity contribution in [2.45, 2.75) is 13.0 Å². The van der Waals surface area contributed by atoms with E-state index in [1.165, 1.54) is 0 Å². The summed E-state index contributed by atoms with van der Waals surface area (Å²) >= 11 is 0. The summed E-state index contributed by atoms with van der Waals surface area (Å²) in [5.74, 6) is 2.21. The Morgan fingerprint density at radius 2 is 1.78 bits per heavy atom. The summed E-state index contributed by atoms with van der Waals surface area (Å²) in [5.41, 5.74) is 6.88. The van der Waals surface area contributed by atoms with Gasteiger partial charge in [-0.1, -0.05) is 0 Å². The highest BCUT2D eigenvalue weighted by molar-refractivity contribution is 14.0. The van der Waals surface area contributed by atoms with Crippen LogP contribution in [-0.4, -0.2) is 71.6 Å². The standard InChI is InChI=1S/C18H30N4O4.HI/c1-23-15-11-14(12-16(24-2)17(15)25-3)13-21-18(19)20-5-4-6-22-7-9-26-10-8-22;/h11-12H,4-10,13H2,1-3H3,(H3,19,20,21);1H. The molecule has 1 aliphatic rings. The van der Waals surface area contributed by atoms with Crippen molar-refractivity contribution in [1.29, 1.82) is 0 Å². The molecule has 0 atom stereocenters. The molecular formula is C18H31IN4O4. The second-order valence-corrected chi connectivity index (χ2v) is 5.97. The Balaban J connectivity index is 0.00000364. The summed E-state index contributed by atoms with van der Waals surface area (Å²) in [6.45, 7) is 5.92. The third-order valence-electron chi connectivity index (χ3n) is 4.22. The molecule has 0 aliphatic carbocycles. The molecule has 9 heteroatoms. The first-order chi connectivity index (χ1) is 12.7. The zero-order valence-electron chi connectivity index (χ0n) is 16.3. The fourth-order valence-corrected chi connectivity index (χ4v) is 2.80. The van der Waals surface area contributed by atoms with E-state index in [4.69, 9.17) is 24.7 Å². The number of morpholine rings is 1. The number of rotatable bonds is 9. The van der Waals surface area contributed by atoms with Crippen LogP contribution < -0.4 is 25.3 Å². The number of hydrogen-bond donors (Lipinski definition) is 2. The van der Waals surface area contributed by atoms with E-state index < -0.39 is 0 Å². The van der Waals surface area contributed by atoms with Crippen molar-refractivity contribution in [3.8, 4) is 17.2 Å². The van der Waals surface area contributed by atoms with Gasteiger partial charge in [-0.2, -0.15) is 0 Å². The van der Waals surface area contributed by atoms with Crippen molar-refractivity contribution in [3.05, 3.63) is 17.7 Å². The van der Waals surface area contributed by atoms with Gasteiger partial charge in [-0.3, -0.25) is 4.90 Å². The lowest BCUT2D eigenvalue weighted by Crippen LogP contribution is -2.39. The number of halogens is 1. The Labute approximate surface area is 178 Å². The van der Waals surface area contributed by atoms with Gasteiger partial charge >= 0.3 is 0 Å². The van der Waals surface area contributed by atoms with Gasteiger partial charge in [0.15, 0.2) is 17.5 Å². The number of nitrogens with one attached hydrogen (secondary N) is 1. The van der Waals surface area contributed by atoms with Crippen LogP contribution in [0.4, 0.5) is 0 Å². The first kappa shape index (κ1) is 23.6. The van der Waals surface area contributed by atoms with Gasteiger partial charge in [-0.15, -0.1) is 24.0 Å². The van der Waals surface area contributed by atoms with Crippen LogP contribution >= 0.6 is 24.0 Å². The average Bonchev–Trinajstić information content (AvgIpc) is 2.69. The van der Waals surface area contributed by atoms with Gasteiger partial charge in [0.2, 0.25) is 5.75 Å². The van der Waals surface area contributed by atoms with Gasteiger partial charge in [-0.25, -0.2) is 4.99 Å². The molecule has 0 radical (unpaired) electrons. The van der Waals surface area contributed by atoms with Gasteiger partial charge in [0.25, 0.3) is 0 Å². The maximum atomic E-state index is 5.96. The molecule has 1 saturated heterocycles. The summed E-state index contributed by atoms with van der Waals surface area (Å²) < 4.78 is 21.4. The molecule has 0 saturated carbocycles. The second kappa shape index (κ2) is 12.8. The number of nitrogens with zero attached hydrogens (tertiary/aromatic N) is 2. The van der Waals surface area contributed by atoms with Crippen LogP contribution in [-0.2, 0) is 11.3 Å². The number of benzene rings is 1. The first-order valence-electron chi connectivity index (χ1n) is 8.80. The highest BCUT2D eigenvalue weighted by Gasteiger charge is 2.13. The van der Waals surface area contributed by atoms with Crippen molar-refractivity contribution in [3.63, 3.8) is 0 Å². The van der Waals surface area contributed by atoms with Crippen molar-refractivity contribution in [2.24, 2.45) is 10.7 Å². The Hall–Kier alpha value is -1.46. The number of methoxy groups -OCH3 is 3. The molecule has 1 aromatic rings. The van der Waals surface area contributed by atoms with E-state index in [0.29, 0.717) is 29.8 Å². The van der Waals surface area contributed by atoms with Crippen molar-refractivity contribution in [1.82, 2.24) is 10.2 Å². The van der Waals surface area contributed by atoms with Gasteiger partial charge in [0.05, 0.1) is 41.1 Å². The lowest BCUT2D eigenvalue weighted by molar-refractivity contribution is 0.0376. The van der Waals surface area contributed by atoms with Gasteiger partial charge in [-0.05, 0) is 30.7 Å². The molecular weight excluding hydrogens is 463 g/mol. The smallest absolute Gasteiger partial charge is 0.203 e. The Morgan fingerprint density at radius 3 is 2.33 bits per heavy atom. The summed E-state index contributed by atoms with van der Waals surface area (Å²) in [7, 11) is 4.76. The first-order valence-corrected chi connectivity index (χ1v) is 8.80. The quantitative estimate of drug-likeness (QED) is 0.233. The van der Waals surface area contributed by atoms with E-state index in [1.54, 1.807) is 21.3 Å². The minimum Gasteiger partial charge on any atom is -0.493 e. The minimum atomic E-state index is 0. The van der Waals surface area contributed by atoms with Crippen molar-refractivity contribution in [2.75, 3.05) is 60.7 Å². The molecule has 0 aromatic heterocycles. The molecule has 27 heavy (non-hydrogen) atoms. The molecule has 3 N–H and O–H groups in total. The number of hydrogen-bond acceptors (Lipinski definition) is 6. The minimum absolute atomic E-state index is 0. The molecule has 2 rings (SSSR count). The molecule has 1 aromatic carbocycles. The third kappa shape index (κ3) is 7.59. The zero-order chi connectivity index (χ0) is 18.8. The Morgan fingerprint density at radius 1 is 1.15 bits per heavy atom. The van der Waals surface area contributed by atoms with Crippen LogP contribution in [0.15, 0.2) is 17.1 Å². The van der Waals surface area contributed by atoms with E-state index in [1.807, 2.05) is 12.1 Å². The number of guanidine groups is 1. The van der Waals surface area contributed by atoms with Crippen molar-refractivity contribution >= 4 is 29.9 Å². The Kier molecular flexibility index (Phi) is 11.2. The molecule has 1 aliphatic heterocycles. The second-order valence-electron chi connectivity index (χ2n) is 5.97. The normalized spacial score (nSPS) is 15.0. The van der Waals surface area contributed by atoms with Crippen LogP contribution in [0.25, 0.3) is 0 Å². The Bertz CT molecular complexity index is 570. The molecule has 8 nitrogen and oxygen atoms in total. The number of nitrogens with two attached hydrogens (primary N) is 1. The lowest BCUT2D eigenvalue weighted by Gasteiger charge is -2.26. The summed E-state index contributed by atoms with van der Waals surface area (Å²) in [5, 5.41) is 3.15. The van der Waals surface area contributed by atoms with Gasteiger partial charge in [0, 0.05) is 19.6 Å². The third-order valence-corrected chi connectivity index (χ3v) is 4.22. The fourth-order valence-electron chi connectivity index (χ4n) is 2.80. The SMILES string of the molecule is COc1cc(CN=C(N)NCCCN2CCOCC2)cc(OC)c1OC.I. The topological polar surface area (TPSA) is 90.6 Å². The van der Waals surface area contributed by atoms with Crippen LogP contribution in [0.1, 0.15) is 12.0 Å². The van der Waals surface area contributed by atoms with E-state index in [9.17, 15) is 0 Å². The van der Waals surface area contributed by atoms with Gasteiger partial charge in [0.1, 0.15) is 0 Å². The predicted molar refractivity (Wildman–Crippen MR) is 117 cm³/mol. The molecule has 154 valence electrons. The molecule has 0 unspecified atom stereocenters. The highest BCUT2D eigenvalue weighted by Crippen LogP contribution is 2.38. The average molecular weight is 494 g/mol. The largest absolute Gasteiger partial charge is 0.493 e. The van der Waals surface area contributed by atoms with Crippen LogP contribution in [0, 0.1) is 0 Å². The fraction of sp³-hybridized carbons (Fsp3) is 0.611. The predicted octanol–water partition coefficient (Wildman–Crippen LogP) is 1.46. The highest BCUT2D eigenvalue weighted by atomic mass is 127. The molecule has 0 bridgehead atoms. The molecule has 1 fully saturated rings. The van der Waals surface area contributed by atoms with Crippen molar-refractivity contribution < 1.29 is 18.9 Å². The monoisotopic (exact) mass is 494 g/mol. The van der Waals surface area contributed by atoms with Crippen LogP contribution in [0.5, 0.6) is 17.2 Å². The molecule has 0 spiro atoms. The maximum Gasteiger partial charge on any atom is 0.203 e. The molecule has 0 amide bonds. The summed E-state index contributed by atoms with van der Waals surface area (Å²) in [6, 6.07) is 3.74. The van der Waals surface area contributed by atoms with E-state index in [-0.39, 0.29) is 24.0 Å². The molecule has 1 heterocycles. The zero-order valence-corrected chi connectivity index (χ0v) is 18.7. The van der Waals surface area contributed by atoms with Crippen LogP contribution in [0.2, 0.25) is 0 Å². The van der Waals surface area contributed by atoms with Gasteiger partial charge < -0.3 is 30.0 Å². The summed E-state index contributed by atoms with van der Waals surface area (Å²) in [6.07, 6.45) is 1.01. The van der Waals surface area contributed by atoms with E-state index in [0.717, 1.165) is 51.4 Å². The number of ether oxygens (including phenoxy) is 4. The maximum absolute atomic E-state index is 5.96.